The van der Waals surface area contributed by atoms with Gasteiger partial charge in [-0.3, -0.25) is 0 Å². The zero-order valence-corrected chi connectivity index (χ0v) is 11.0. The largest absolute Gasteiger partial charge is 0.418 e. The first-order valence-corrected chi connectivity index (χ1v) is 6.63. The Labute approximate surface area is 111 Å². The molecule has 0 aromatic heterocycles. The van der Waals surface area contributed by atoms with Gasteiger partial charge in [-0.05, 0) is 43.9 Å². The molecule has 1 aromatic carbocycles. The second kappa shape index (κ2) is 5.31. The molecule has 106 valence electrons. The fraction of sp³-hybridized carbons (Fsp3) is 0.571. The van der Waals surface area contributed by atoms with Gasteiger partial charge in [-0.1, -0.05) is 6.42 Å². The van der Waals surface area contributed by atoms with Crippen molar-refractivity contribution in [2.75, 3.05) is 23.7 Å². The van der Waals surface area contributed by atoms with E-state index in [0.29, 0.717) is 18.2 Å². The Bertz CT molecular complexity index is 439. The first-order chi connectivity index (χ1) is 8.91. The highest BCUT2D eigenvalue weighted by molar-refractivity contribution is 5.59. The van der Waals surface area contributed by atoms with Crippen molar-refractivity contribution >= 4 is 11.4 Å². The summed E-state index contributed by atoms with van der Waals surface area (Å²) in [5.74, 6) is 0.617. The van der Waals surface area contributed by atoms with Gasteiger partial charge < -0.3 is 10.6 Å². The van der Waals surface area contributed by atoms with Gasteiger partial charge in [0.2, 0.25) is 0 Å². The number of hydrogen-bond acceptors (Lipinski definition) is 2. The summed E-state index contributed by atoms with van der Waals surface area (Å²) < 4.78 is 38.5. The van der Waals surface area contributed by atoms with Gasteiger partial charge in [0.15, 0.2) is 0 Å². The number of nitrogen functional groups attached to an aromatic ring is 1. The Morgan fingerprint density at radius 2 is 2.00 bits per heavy atom. The third-order valence-corrected chi connectivity index (χ3v) is 3.79. The molecule has 1 aliphatic rings. The summed E-state index contributed by atoms with van der Waals surface area (Å²) in [5, 5.41) is 0. The summed E-state index contributed by atoms with van der Waals surface area (Å²) in [4.78, 5) is 2.00. The summed E-state index contributed by atoms with van der Waals surface area (Å²) >= 11 is 0. The summed E-state index contributed by atoms with van der Waals surface area (Å²) in [6.45, 7) is 3.50. The summed E-state index contributed by atoms with van der Waals surface area (Å²) in [7, 11) is 0. The number of benzene rings is 1. The molecule has 0 spiro atoms. The number of rotatable bonds is 4. The molecule has 0 amide bonds. The molecule has 2 nitrogen and oxygen atoms in total. The van der Waals surface area contributed by atoms with E-state index < -0.39 is 11.7 Å². The van der Waals surface area contributed by atoms with Crippen molar-refractivity contribution in [3.05, 3.63) is 23.8 Å². The van der Waals surface area contributed by atoms with Crippen LogP contribution in [-0.4, -0.2) is 13.1 Å². The molecule has 0 saturated heterocycles. The van der Waals surface area contributed by atoms with Crippen LogP contribution >= 0.6 is 0 Å². The third-order valence-electron chi connectivity index (χ3n) is 3.79. The molecule has 1 aliphatic carbocycles. The van der Waals surface area contributed by atoms with Crippen molar-refractivity contribution < 1.29 is 13.2 Å². The molecule has 0 aliphatic heterocycles. The maximum atomic E-state index is 12.8. The van der Waals surface area contributed by atoms with Gasteiger partial charge in [0.25, 0.3) is 0 Å². The Hall–Kier alpha value is -1.39. The van der Waals surface area contributed by atoms with Crippen molar-refractivity contribution in [3.63, 3.8) is 0 Å². The number of hydrogen-bond donors (Lipinski definition) is 1. The molecule has 0 bridgehead atoms. The SMILES string of the molecule is CCN(CC1CCC1)c1ccc(N)c(C(F)(F)F)c1. The minimum atomic E-state index is -4.39. The highest BCUT2D eigenvalue weighted by Gasteiger charge is 2.33. The molecule has 2 N–H and O–H groups in total. The molecule has 1 saturated carbocycles. The number of nitrogens with zero attached hydrogens (tertiary/aromatic N) is 1. The first kappa shape index (κ1) is 14.0. The lowest BCUT2D eigenvalue weighted by Gasteiger charge is -2.33. The van der Waals surface area contributed by atoms with E-state index in [-0.39, 0.29) is 5.69 Å². The molecule has 1 fully saturated rings. The fourth-order valence-electron chi connectivity index (χ4n) is 2.39. The Morgan fingerprint density at radius 1 is 1.32 bits per heavy atom. The van der Waals surface area contributed by atoms with Crippen molar-refractivity contribution in [2.24, 2.45) is 5.92 Å². The predicted octanol–water partition coefficient (Wildman–Crippen LogP) is 3.91. The zero-order chi connectivity index (χ0) is 14.0. The molecular formula is C14H19F3N2. The average Bonchev–Trinajstić information content (AvgIpc) is 2.28. The lowest BCUT2D eigenvalue weighted by molar-refractivity contribution is -0.136. The number of anilines is 2. The van der Waals surface area contributed by atoms with E-state index in [1.54, 1.807) is 6.07 Å². The van der Waals surface area contributed by atoms with Crippen molar-refractivity contribution in [1.82, 2.24) is 0 Å². The van der Waals surface area contributed by atoms with Crippen LogP contribution in [0.1, 0.15) is 31.7 Å². The van der Waals surface area contributed by atoms with Gasteiger partial charge in [0.1, 0.15) is 0 Å². The minimum Gasteiger partial charge on any atom is -0.398 e. The van der Waals surface area contributed by atoms with Gasteiger partial charge in [0, 0.05) is 24.5 Å². The molecule has 1 aromatic rings. The quantitative estimate of drug-likeness (QED) is 0.842. The van der Waals surface area contributed by atoms with E-state index in [2.05, 4.69) is 0 Å². The van der Waals surface area contributed by atoms with Crippen LogP contribution in [0.4, 0.5) is 24.5 Å². The van der Waals surface area contributed by atoms with Crippen LogP contribution in [0.5, 0.6) is 0 Å². The molecule has 2 rings (SSSR count). The van der Waals surface area contributed by atoms with E-state index in [0.717, 1.165) is 12.6 Å². The molecule has 19 heavy (non-hydrogen) atoms. The Morgan fingerprint density at radius 3 is 2.47 bits per heavy atom. The number of halogens is 3. The van der Waals surface area contributed by atoms with E-state index >= 15 is 0 Å². The third kappa shape index (κ3) is 3.14. The monoisotopic (exact) mass is 272 g/mol. The lowest BCUT2D eigenvalue weighted by atomic mass is 9.85. The van der Waals surface area contributed by atoms with Crippen LogP contribution in [0.2, 0.25) is 0 Å². The maximum Gasteiger partial charge on any atom is 0.418 e. The van der Waals surface area contributed by atoms with Crippen molar-refractivity contribution in [2.45, 2.75) is 32.4 Å². The molecule has 0 radical (unpaired) electrons. The molecule has 0 heterocycles. The van der Waals surface area contributed by atoms with Crippen LogP contribution < -0.4 is 10.6 Å². The van der Waals surface area contributed by atoms with Crippen LogP contribution in [0.3, 0.4) is 0 Å². The van der Waals surface area contributed by atoms with E-state index in [1.807, 2.05) is 11.8 Å². The minimum absolute atomic E-state index is 0.212. The Kier molecular flexibility index (Phi) is 3.92. The summed E-state index contributed by atoms with van der Waals surface area (Å²) in [6, 6.07) is 4.19. The van der Waals surface area contributed by atoms with Crippen LogP contribution in [-0.2, 0) is 6.18 Å². The van der Waals surface area contributed by atoms with Crippen molar-refractivity contribution in [3.8, 4) is 0 Å². The first-order valence-electron chi connectivity index (χ1n) is 6.63. The Balaban J connectivity index is 2.22. The number of nitrogens with two attached hydrogens (primary N) is 1. The second-order valence-electron chi connectivity index (χ2n) is 5.10. The average molecular weight is 272 g/mol. The maximum absolute atomic E-state index is 12.8. The fourth-order valence-corrected chi connectivity index (χ4v) is 2.39. The number of alkyl halides is 3. The smallest absolute Gasteiger partial charge is 0.398 e. The topological polar surface area (TPSA) is 29.3 Å². The van der Waals surface area contributed by atoms with Crippen LogP contribution in [0, 0.1) is 5.92 Å². The molecular weight excluding hydrogens is 253 g/mol. The summed E-state index contributed by atoms with van der Waals surface area (Å²) in [6.07, 6.45) is -0.803. The van der Waals surface area contributed by atoms with E-state index in [4.69, 9.17) is 5.73 Å². The predicted molar refractivity (Wildman–Crippen MR) is 71.1 cm³/mol. The van der Waals surface area contributed by atoms with Gasteiger partial charge in [-0.25, -0.2) is 0 Å². The molecule has 0 atom stereocenters. The highest BCUT2D eigenvalue weighted by Crippen LogP contribution is 2.36. The van der Waals surface area contributed by atoms with E-state index in [9.17, 15) is 13.2 Å². The standard InChI is InChI=1S/C14H19F3N2/c1-2-19(9-10-4-3-5-10)11-6-7-13(18)12(8-11)14(15,16)17/h6-8,10H,2-5,9,18H2,1H3. The normalized spacial score (nSPS) is 16.2. The van der Waals surface area contributed by atoms with Crippen LogP contribution in [0.15, 0.2) is 18.2 Å². The van der Waals surface area contributed by atoms with Crippen molar-refractivity contribution in [1.29, 1.82) is 0 Å². The zero-order valence-electron chi connectivity index (χ0n) is 11.0. The van der Waals surface area contributed by atoms with Gasteiger partial charge in [-0.15, -0.1) is 0 Å². The van der Waals surface area contributed by atoms with Crippen LogP contribution in [0.25, 0.3) is 0 Å². The highest BCUT2D eigenvalue weighted by atomic mass is 19.4. The molecule has 5 heteroatoms. The summed E-state index contributed by atoms with van der Waals surface area (Å²) in [5.41, 5.74) is 5.07. The van der Waals surface area contributed by atoms with E-state index in [1.165, 1.54) is 25.3 Å². The second-order valence-corrected chi connectivity index (χ2v) is 5.10. The lowest BCUT2D eigenvalue weighted by Crippen LogP contribution is -2.32. The van der Waals surface area contributed by atoms with Gasteiger partial charge in [-0.2, -0.15) is 13.2 Å². The molecule has 0 unspecified atom stereocenters. The van der Waals surface area contributed by atoms with Gasteiger partial charge in [0.05, 0.1) is 5.56 Å². The van der Waals surface area contributed by atoms with Gasteiger partial charge >= 0.3 is 6.18 Å².